The lowest BCUT2D eigenvalue weighted by Crippen LogP contribution is -2.34. The van der Waals surface area contributed by atoms with Crippen molar-refractivity contribution in [3.8, 4) is 0 Å². The molecular weight excluding hydrogens is 376 g/mol. The standard InChI is InChI=1S/C17H15F2N5O2S/c1-2-24-15(26)10-6-3-4-8-12(10)21-17(24)23-22-13(25)11-7-5-9-20-14(11)27-16(18)19/h3-9,16H,2H2,1H3,(H,21,23)(H,22,25). The van der Waals surface area contributed by atoms with Gasteiger partial charge >= 0.3 is 0 Å². The zero-order chi connectivity index (χ0) is 19.4. The Labute approximate surface area is 156 Å². The molecule has 0 bridgehead atoms. The maximum absolute atomic E-state index is 12.6. The number of amides is 1. The largest absolute Gasteiger partial charge is 0.290 e. The summed E-state index contributed by atoms with van der Waals surface area (Å²) < 4.78 is 26.6. The SMILES string of the molecule is CCn1c(NNC(=O)c2cccnc2SC(F)F)nc2ccccc2c1=O. The Morgan fingerprint density at radius 3 is 2.78 bits per heavy atom. The number of hydrogen-bond donors (Lipinski definition) is 2. The van der Waals surface area contributed by atoms with E-state index in [1.54, 1.807) is 31.2 Å². The minimum Gasteiger partial charge on any atom is -0.277 e. The number of halogens is 2. The van der Waals surface area contributed by atoms with E-state index in [0.29, 0.717) is 17.4 Å². The van der Waals surface area contributed by atoms with Crippen LogP contribution in [0.25, 0.3) is 10.9 Å². The van der Waals surface area contributed by atoms with Crippen LogP contribution in [0.3, 0.4) is 0 Å². The van der Waals surface area contributed by atoms with E-state index in [9.17, 15) is 18.4 Å². The lowest BCUT2D eigenvalue weighted by molar-refractivity contribution is 0.0958. The fourth-order valence-corrected chi connectivity index (χ4v) is 3.06. The summed E-state index contributed by atoms with van der Waals surface area (Å²) in [6.45, 7) is 2.09. The molecule has 0 saturated carbocycles. The third-order valence-electron chi connectivity index (χ3n) is 3.68. The summed E-state index contributed by atoms with van der Waals surface area (Å²) in [4.78, 5) is 33.1. The van der Waals surface area contributed by atoms with Crippen molar-refractivity contribution in [2.24, 2.45) is 0 Å². The lowest BCUT2D eigenvalue weighted by atomic mass is 10.2. The molecule has 2 N–H and O–H groups in total. The molecule has 0 aliphatic rings. The Morgan fingerprint density at radius 2 is 2.04 bits per heavy atom. The average Bonchev–Trinajstić information content (AvgIpc) is 2.66. The molecule has 3 aromatic rings. The summed E-state index contributed by atoms with van der Waals surface area (Å²) in [6.07, 6.45) is 1.33. The molecule has 2 aromatic heterocycles. The van der Waals surface area contributed by atoms with E-state index in [1.807, 2.05) is 0 Å². The number of anilines is 1. The summed E-state index contributed by atoms with van der Waals surface area (Å²) in [5.41, 5.74) is 5.19. The molecule has 0 aliphatic heterocycles. The Hall–Kier alpha value is -3.01. The highest BCUT2D eigenvalue weighted by Gasteiger charge is 2.17. The van der Waals surface area contributed by atoms with E-state index >= 15 is 0 Å². The molecule has 10 heteroatoms. The molecule has 0 spiro atoms. The predicted octanol–water partition coefficient (Wildman–Crippen LogP) is 2.88. The zero-order valence-corrected chi connectivity index (χ0v) is 15.0. The molecular formula is C17H15F2N5O2S. The smallest absolute Gasteiger partial charge is 0.277 e. The maximum Gasteiger partial charge on any atom is 0.290 e. The van der Waals surface area contributed by atoms with E-state index in [4.69, 9.17) is 0 Å². The first-order valence-corrected chi connectivity index (χ1v) is 8.85. The van der Waals surface area contributed by atoms with E-state index in [-0.39, 0.29) is 33.9 Å². The fourth-order valence-electron chi connectivity index (χ4n) is 2.48. The van der Waals surface area contributed by atoms with Crippen molar-refractivity contribution in [3.63, 3.8) is 0 Å². The number of aromatic nitrogens is 3. The van der Waals surface area contributed by atoms with Gasteiger partial charge in [-0.05, 0) is 43.0 Å². The van der Waals surface area contributed by atoms with Crippen LogP contribution in [0, 0.1) is 0 Å². The summed E-state index contributed by atoms with van der Waals surface area (Å²) in [5, 5.41) is 0.366. The van der Waals surface area contributed by atoms with Crippen LogP contribution < -0.4 is 16.4 Å². The quantitative estimate of drug-likeness (QED) is 0.496. The van der Waals surface area contributed by atoms with Crippen LogP contribution in [0.1, 0.15) is 17.3 Å². The van der Waals surface area contributed by atoms with Crippen molar-refractivity contribution in [1.29, 1.82) is 0 Å². The molecule has 140 valence electrons. The molecule has 0 atom stereocenters. The van der Waals surface area contributed by atoms with Crippen LogP contribution in [-0.4, -0.2) is 26.2 Å². The summed E-state index contributed by atoms with van der Waals surface area (Å²) in [7, 11) is 0. The van der Waals surface area contributed by atoms with Crippen LogP contribution >= 0.6 is 11.8 Å². The molecule has 2 heterocycles. The monoisotopic (exact) mass is 391 g/mol. The van der Waals surface area contributed by atoms with Gasteiger partial charge in [0.1, 0.15) is 5.03 Å². The number of benzene rings is 1. The first kappa shape index (κ1) is 18.8. The predicted molar refractivity (Wildman–Crippen MR) is 98.9 cm³/mol. The number of pyridine rings is 1. The van der Waals surface area contributed by atoms with Gasteiger partial charge in [0.25, 0.3) is 17.2 Å². The molecule has 7 nitrogen and oxygen atoms in total. The van der Waals surface area contributed by atoms with Crippen LogP contribution in [0.4, 0.5) is 14.7 Å². The first-order chi connectivity index (χ1) is 13.0. The van der Waals surface area contributed by atoms with Crippen molar-refractivity contribution in [1.82, 2.24) is 20.0 Å². The van der Waals surface area contributed by atoms with Crippen molar-refractivity contribution < 1.29 is 13.6 Å². The van der Waals surface area contributed by atoms with Gasteiger partial charge in [0.05, 0.1) is 16.5 Å². The van der Waals surface area contributed by atoms with Gasteiger partial charge in [-0.3, -0.25) is 25.0 Å². The maximum atomic E-state index is 12.6. The molecule has 27 heavy (non-hydrogen) atoms. The van der Waals surface area contributed by atoms with Crippen LogP contribution in [-0.2, 0) is 6.54 Å². The van der Waals surface area contributed by atoms with Crippen molar-refractivity contribution in [3.05, 3.63) is 58.5 Å². The Morgan fingerprint density at radius 1 is 1.26 bits per heavy atom. The molecule has 0 fully saturated rings. The molecule has 0 saturated heterocycles. The Balaban J connectivity index is 1.87. The fraction of sp³-hybridized carbons (Fsp3) is 0.176. The number of thioether (sulfide) groups is 1. The third kappa shape index (κ3) is 4.05. The van der Waals surface area contributed by atoms with E-state index in [2.05, 4.69) is 20.8 Å². The van der Waals surface area contributed by atoms with Crippen molar-refractivity contribution in [2.75, 3.05) is 5.43 Å². The van der Waals surface area contributed by atoms with E-state index in [0.717, 1.165) is 0 Å². The van der Waals surface area contributed by atoms with Gasteiger partial charge in [-0.1, -0.05) is 12.1 Å². The first-order valence-electron chi connectivity index (χ1n) is 7.97. The number of carbonyl (C=O) groups is 1. The molecule has 1 amide bonds. The molecule has 0 radical (unpaired) electrons. The Bertz CT molecular complexity index is 1040. The highest BCUT2D eigenvalue weighted by atomic mass is 32.2. The molecule has 0 unspecified atom stereocenters. The van der Waals surface area contributed by atoms with E-state index < -0.39 is 11.7 Å². The van der Waals surface area contributed by atoms with Gasteiger partial charge in [0, 0.05) is 12.7 Å². The highest BCUT2D eigenvalue weighted by Crippen LogP contribution is 2.26. The van der Waals surface area contributed by atoms with Gasteiger partial charge in [0.2, 0.25) is 5.95 Å². The number of alkyl halides is 2. The molecule has 0 aliphatic carbocycles. The number of rotatable bonds is 6. The lowest BCUT2D eigenvalue weighted by Gasteiger charge is -2.14. The normalized spacial score (nSPS) is 11.0. The van der Waals surface area contributed by atoms with Crippen LogP contribution in [0.5, 0.6) is 0 Å². The zero-order valence-electron chi connectivity index (χ0n) is 14.1. The number of carbonyl (C=O) groups excluding carboxylic acids is 1. The second-order valence-corrected chi connectivity index (χ2v) is 6.29. The third-order valence-corrected chi connectivity index (χ3v) is 4.41. The van der Waals surface area contributed by atoms with Gasteiger partial charge in [-0.15, -0.1) is 0 Å². The second kappa shape index (κ2) is 8.12. The summed E-state index contributed by atoms with van der Waals surface area (Å²) >= 11 is 0.183. The summed E-state index contributed by atoms with van der Waals surface area (Å²) in [5.74, 6) is -3.23. The van der Waals surface area contributed by atoms with Crippen molar-refractivity contribution in [2.45, 2.75) is 24.3 Å². The number of nitrogens with one attached hydrogen (secondary N) is 2. The topological polar surface area (TPSA) is 88.9 Å². The number of para-hydroxylation sites is 1. The molecule has 1 aromatic carbocycles. The molecule has 3 rings (SSSR count). The number of hydrazine groups is 1. The van der Waals surface area contributed by atoms with Crippen molar-refractivity contribution >= 4 is 34.5 Å². The highest BCUT2D eigenvalue weighted by molar-refractivity contribution is 7.99. The minimum absolute atomic E-state index is 0.0125. The van der Waals surface area contributed by atoms with Gasteiger partial charge in [0.15, 0.2) is 0 Å². The van der Waals surface area contributed by atoms with Crippen LogP contribution in [0.2, 0.25) is 0 Å². The van der Waals surface area contributed by atoms with Gasteiger partial charge < -0.3 is 0 Å². The minimum atomic E-state index is -2.70. The van der Waals surface area contributed by atoms with E-state index in [1.165, 1.54) is 22.9 Å². The van der Waals surface area contributed by atoms with Crippen LogP contribution in [0.15, 0.2) is 52.4 Å². The Kier molecular flexibility index (Phi) is 5.65. The second-order valence-electron chi connectivity index (χ2n) is 5.32. The number of nitrogens with zero attached hydrogens (tertiary/aromatic N) is 3. The average molecular weight is 391 g/mol. The number of fused-ring (bicyclic) bond motifs is 1. The van der Waals surface area contributed by atoms with Gasteiger partial charge in [-0.2, -0.15) is 8.78 Å². The summed E-state index contributed by atoms with van der Waals surface area (Å²) in [6, 6.07) is 9.70. The number of hydrogen-bond acceptors (Lipinski definition) is 6. The van der Waals surface area contributed by atoms with Gasteiger partial charge in [-0.25, -0.2) is 9.97 Å².